The van der Waals surface area contributed by atoms with Crippen LogP contribution in [0.4, 0.5) is 18.9 Å². The molecule has 1 saturated heterocycles. The van der Waals surface area contributed by atoms with Crippen LogP contribution in [-0.2, 0) is 15.5 Å². The average Bonchev–Trinajstić information content (AvgIpc) is 2.93. The molecular formula is C24H23BF3NO3. The molecule has 1 heterocycles. The lowest BCUT2D eigenvalue weighted by atomic mass is 9.78. The number of hydrogen-bond acceptors (Lipinski definition) is 3. The lowest BCUT2D eigenvalue weighted by Crippen LogP contribution is -2.41. The van der Waals surface area contributed by atoms with Gasteiger partial charge >= 0.3 is 13.3 Å². The van der Waals surface area contributed by atoms with Gasteiger partial charge in [-0.2, -0.15) is 13.2 Å². The zero-order chi connectivity index (χ0) is 23.3. The van der Waals surface area contributed by atoms with E-state index < -0.39 is 36.0 Å². The standard InChI is InChI=1S/C24H23BF3NO3/c1-22(2)23(3,4)32-25(31-22)17-11-12-19-15(13-17)7-5-10-20(19)21(30)29-18-9-6-8-16(14-18)24(26,27)28/h5-14H,1-4H3,(H,29,30). The first-order valence-corrected chi connectivity index (χ1v) is 10.2. The van der Waals surface area contributed by atoms with Gasteiger partial charge in [-0.05, 0) is 68.2 Å². The Morgan fingerprint density at radius 3 is 2.22 bits per heavy atom. The number of amides is 1. The van der Waals surface area contributed by atoms with Crippen LogP contribution in [0.1, 0.15) is 43.6 Å². The summed E-state index contributed by atoms with van der Waals surface area (Å²) in [6.45, 7) is 7.91. The predicted octanol–water partition coefficient (Wildman–Crippen LogP) is 5.41. The smallest absolute Gasteiger partial charge is 0.399 e. The molecule has 0 aromatic heterocycles. The molecule has 32 heavy (non-hydrogen) atoms. The van der Waals surface area contributed by atoms with E-state index in [0.29, 0.717) is 10.9 Å². The van der Waals surface area contributed by atoms with Crippen molar-refractivity contribution in [1.82, 2.24) is 0 Å². The molecule has 4 nitrogen and oxygen atoms in total. The van der Waals surface area contributed by atoms with Gasteiger partial charge in [0.2, 0.25) is 0 Å². The fraction of sp³-hybridized carbons (Fsp3) is 0.292. The van der Waals surface area contributed by atoms with Crippen molar-refractivity contribution in [3.05, 3.63) is 71.8 Å². The highest BCUT2D eigenvalue weighted by molar-refractivity contribution is 6.62. The molecule has 0 unspecified atom stereocenters. The molecule has 166 valence electrons. The third-order valence-electron chi connectivity index (χ3n) is 6.12. The van der Waals surface area contributed by atoms with E-state index in [4.69, 9.17) is 9.31 Å². The van der Waals surface area contributed by atoms with Crippen LogP contribution in [0, 0.1) is 0 Å². The minimum absolute atomic E-state index is 0.0793. The Labute approximate surface area is 184 Å². The molecule has 3 aromatic carbocycles. The van der Waals surface area contributed by atoms with E-state index in [1.165, 1.54) is 12.1 Å². The Morgan fingerprint density at radius 2 is 1.56 bits per heavy atom. The number of carbonyl (C=O) groups excluding carboxylic acids is 1. The van der Waals surface area contributed by atoms with E-state index >= 15 is 0 Å². The molecule has 1 aliphatic heterocycles. The summed E-state index contributed by atoms with van der Waals surface area (Å²) in [5, 5.41) is 4.04. The van der Waals surface area contributed by atoms with Crippen molar-refractivity contribution in [3.8, 4) is 0 Å². The van der Waals surface area contributed by atoms with E-state index in [-0.39, 0.29) is 5.69 Å². The first-order valence-electron chi connectivity index (χ1n) is 10.2. The normalized spacial score (nSPS) is 17.5. The number of benzene rings is 3. The van der Waals surface area contributed by atoms with Gasteiger partial charge in [0.25, 0.3) is 5.91 Å². The van der Waals surface area contributed by atoms with Crippen LogP contribution in [0.25, 0.3) is 10.8 Å². The highest BCUT2D eigenvalue weighted by Gasteiger charge is 2.51. The second-order valence-electron chi connectivity index (χ2n) is 8.91. The Morgan fingerprint density at radius 1 is 0.906 bits per heavy atom. The third-order valence-corrected chi connectivity index (χ3v) is 6.12. The quantitative estimate of drug-likeness (QED) is 0.553. The van der Waals surface area contributed by atoms with Gasteiger partial charge in [-0.25, -0.2) is 0 Å². The molecule has 0 bridgehead atoms. The van der Waals surface area contributed by atoms with Crippen LogP contribution in [0.2, 0.25) is 0 Å². The van der Waals surface area contributed by atoms with Crippen molar-refractivity contribution in [2.45, 2.75) is 45.1 Å². The van der Waals surface area contributed by atoms with Crippen molar-refractivity contribution in [1.29, 1.82) is 0 Å². The summed E-state index contributed by atoms with van der Waals surface area (Å²) in [6, 6.07) is 15.3. The number of alkyl halides is 3. The maximum absolute atomic E-state index is 13.0. The zero-order valence-electron chi connectivity index (χ0n) is 18.2. The van der Waals surface area contributed by atoms with Gasteiger partial charge in [-0.1, -0.05) is 36.4 Å². The summed E-state index contributed by atoms with van der Waals surface area (Å²) in [5.41, 5.74) is -0.499. The Bertz CT molecular complexity index is 1170. The highest BCUT2D eigenvalue weighted by Crippen LogP contribution is 2.37. The summed E-state index contributed by atoms with van der Waals surface area (Å²) in [5.74, 6) is -0.488. The van der Waals surface area contributed by atoms with Crippen molar-refractivity contribution >= 4 is 34.9 Å². The summed E-state index contributed by atoms with van der Waals surface area (Å²) in [4.78, 5) is 12.9. The molecule has 0 aliphatic carbocycles. The van der Waals surface area contributed by atoms with Gasteiger partial charge in [-0.15, -0.1) is 0 Å². The third kappa shape index (κ3) is 4.12. The average molecular weight is 441 g/mol. The lowest BCUT2D eigenvalue weighted by Gasteiger charge is -2.32. The zero-order valence-corrected chi connectivity index (χ0v) is 18.2. The molecule has 1 aliphatic rings. The van der Waals surface area contributed by atoms with E-state index in [1.54, 1.807) is 18.2 Å². The van der Waals surface area contributed by atoms with Gasteiger partial charge in [-0.3, -0.25) is 4.79 Å². The van der Waals surface area contributed by atoms with Crippen LogP contribution < -0.4 is 10.8 Å². The van der Waals surface area contributed by atoms with Crippen LogP contribution in [-0.4, -0.2) is 24.2 Å². The predicted molar refractivity (Wildman–Crippen MR) is 119 cm³/mol. The molecule has 8 heteroatoms. The molecule has 3 aromatic rings. The number of hydrogen-bond donors (Lipinski definition) is 1. The summed E-state index contributed by atoms with van der Waals surface area (Å²) >= 11 is 0. The first kappa shape index (κ1) is 22.4. The van der Waals surface area contributed by atoms with E-state index in [9.17, 15) is 18.0 Å². The van der Waals surface area contributed by atoms with Crippen LogP contribution in [0.3, 0.4) is 0 Å². The maximum atomic E-state index is 13.0. The van der Waals surface area contributed by atoms with Gasteiger partial charge in [0, 0.05) is 11.3 Å². The summed E-state index contributed by atoms with van der Waals surface area (Å²) < 4.78 is 51.1. The Balaban J connectivity index is 1.62. The van der Waals surface area contributed by atoms with E-state index in [1.807, 2.05) is 45.9 Å². The molecule has 1 N–H and O–H groups in total. The Kier molecular flexibility index (Phi) is 5.34. The molecule has 1 amide bonds. The first-order chi connectivity index (χ1) is 14.9. The van der Waals surface area contributed by atoms with Crippen LogP contribution in [0.15, 0.2) is 60.7 Å². The highest BCUT2D eigenvalue weighted by atomic mass is 19.4. The summed E-state index contributed by atoms with van der Waals surface area (Å²) in [6.07, 6.45) is -4.48. The molecule has 0 saturated carbocycles. The Hall–Kier alpha value is -2.84. The summed E-state index contributed by atoms with van der Waals surface area (Å²) in [7, 11) is -0.535. The molecule has 0 spiro atoms. The SMILES string of the molecule is CC1(C)OB(c2ccc3c(C(=O)Nc4cccc(C(F)(F)F)c4)cccc3c2)OC1(C)C. The minimum Gasteiger partial charge on any atom is -0.399 e. The number of nitrogens with one attached hydrogen (secondary N) is 1. The molecular weight excluding hydrogens is 418 g/mol. The van der Waals surface area contributed by atoms with Crippen molar-refractivity contribution < 1.29 is 27.3 Å². The number of rotatable bonds is 3. The number of anilines is 1. The molecule has 1 fully saturated rings. The van der Waals surface area contributed by atoms with Gasteiger partial charge in [0.05, 0.1) is 16.8 Å². The van der Waals surface area contributed by atoms with Crippen molar-refractivity contribution in [2.75, 3.05) is 5.32 Å². The van der Waals surface area contributed by atoms with Crippen LogP contribution >= 0.6 is 0 Å². The molecule has 0 atom stereocenters. The maximum Gasteiger partial charge on any atom is 0.494 e. The molecule has 4 rings (SSSR count). The van der Waals surface area contributed by atoms with Gasteiger partial charge in [0.15, 0.2) is 0 Å². The minimum atomic E-state index is -4.48. The fourth-order valence-electron chi connectivity index (χ4n) is 3.60. The molecule has 0 radical (unpaired) electrons. The second-order valence-corrected chi connectivity index (χ2v) is 8.91. The lowest BCUT2D eigenvalue weighted by molar-refractivity contribution is -0.137. The van der Waals surface area contributed by atoms with Gasteiger partial charge < -0.3 is 14.6 Å². The topological polar surface area (TPSA) is 47.6 Å². The van der Waals surface area contributed by atoms with Gasteiger partial charge in [0.1, 0.15) is 0 Å². The number of halogens is 3. The number of fused-ring (bicyclic) bond motifs is 1. The van der Waals surface area contributed by atoms with Crippen molar-refractivity contribution in [2.24, 2.45) is 0 Å². The largest absolute Gasteiger partial charge is 0.494 e. The van der Waals surface area contributed by atoms with Crippen molar-refractivity contribution in [3.63, 3.8) is 0 Å². The fourth-order valence-corrected chi connectivity index (χ4v) is 3.60. The van der Waals surface area contributed by atoms with E-state index in [0.717, 1.165) is 23.0 Å². The number of carbonyl (C=O) groups is 1. The monoisotopic (exact) mass is 441 g/mol. The second kappa shape index (κ2) is 7.64. The van der Waals surface area contributed by atoms with Crippen LogP contribution in [0.5, 0.6) is 0 Å². The van der Waals surface area contributed by atoms with E-state index in [2.05, 4.69) is 5.32 Å².